The Morgan fingerprint density at radius 2 is 1.93 bits per heavy atom. The Bertz CT molecular complexity index is 883. The molecule has 3 rings (SSSR count). The molecule has 2 aromatic carbocycles. The summed E-state index contributed by atoms with van der Waals surface area (Å²) in [5.74, 6) is 1.82. The van der Waals surface area contributed by atoms with Crippen molar-refractivity contribution in [1.29, 1.82) is 0 Å². The second kappa shape index (κ2) is 9.32. The number of nitrogens with zero attached hydrogens (tertiary/aromatic N) is 1. The van der Waals surface area contributed by atoms with Crippen molar-refractivity contribution in [3.63, 3.8) is 0 Å². The molecular weight excluding hydrogens is 372 g/mol. The molecule has 154 valence electrons. The van der Waals surface area contributed by atoms with Crippen LogP contribution in [0.2, 0.25) is 0 Å². The van der Waals surface area contributed by atoms with Gasteiger partial charge < -0.3 is 24.4 Å². The number of carbonyl (C=O) groups excluding carboxylic acids is 2. The maximum absolute atomic E-state index is 13.0. The van der Waals surface area contributed by atoms with E-state index in [9.17, 15) is 9.59 Å². The molecule has 0 saturated heterocycles. The van der Waals surface area contributed by atoms with Gasteiger partial charge in [0, 0.05) is 20.0 Å². The first-order chi connectivity index (χ1) is 14.0. The minimum Gasteiger partial charge on any atom is -0.497 e. The van der Waals surface area contributed by atoms with Gasteiger partial charge in [-0.2, -0.15) is 0 Å². The zero-order chi connectivity index (χ0) is 20.8. The van der Waals surface area contributed by atoms with Gasteiger partial charge in [-0.05, 0) is 48.7 Å². The lowest BCUT2D eigenvalue weighted by Gasteiger charge is -2.28. The van der Waals surface area contributed by atoms with Crippen molar-refractivity contribution >= 4 is 11.8 Å². The van der Waals surface area contributed by atoms with E-state index in [2.05, 4.69) is 5.32 Å². The maximum atomic E-state index is 13.0. The monoisotopic (exact) mass is 398 g/mol. The van der Waals surface area contributed by atoms with Crippen molar-refractivity contribution in [2.24, 2.45) is 0 Å². The largest absolute Gasteiger partial charge is 0.497 e. The average molecular weight is 398 g/mol. The van der Waals surface area contributed by atoms with Crippen molar-refractivity contribution in [2.75, 3.05) is 21.0 Å². The van der Waals surface area contributed by atoms with Crippen LogP contribution in [0.25, 0.3) is 0 Å². The zero-order valence-electron chi connectivity index (χ0n) is 16.9. The van der Waals surface area contributed by atoms with Crippen LogP contribution < -0.4 is 19.5 Å². The number of methoxy groups -OCH3 is 1. The minimum atomic E-state index is -0.588. The molecule has 0 saturated carbocycles. The number of aryl methyl sites for hydroxylation is 1. The number of fused-ring (bicyclic) bond motifs is 1. The molecule has 0 aliphatic carbocycles. The third kappa shape index (κ3) is 4.99. The number of likely N-dealkylation sites (N-methyl/N-ethyl adjacent to an activating group) is 1. The number of benzene rings is 2. The van der Waals surface area contributed by atoms with Crippen LogP contribution in [0, 0.1) is 0 Å². The van der Waals surface area contributed by atoms with Crippen molar-refractivity contribution in [3.05, 3.63) is 53.6 Å². The van der Waals surface area contributed by atoms with Crippen LogP contribution in [0.1, 0.15) is 24.5 Å². The summed E-state index contributed by atoms with van der Waals surface area (Å²) in [6.07, 6.45) is 0.829. The lowest BCUT2D eigenvalue weighted by molar-refractivity contribution is -0.140. The third-order valence-corrected chi connectivity index (χ3v) is 4.97. The predicted octanol–water partition coefficient (Wildman–Crippen LogP) is 2.52. The summed E-state index contributed by atoms with van der Waals surface area (Å²) in [5, 5.41) is 2.62. The van der Waals surface area contributed by atoms with Crippen molar-refractivity contribution in [2.45, 2.75) is 32.4 Å². The molecule has 0 spiro atoms. The SMILES string of the molecule is CNC(=O)[C@@H](C)N(Cc1cccc(OC)c1)C(=O)CCc1ccc2c(c1)OCO2. The van der Waals surface area contributed by atoms with Crippen LogP contribution in [-0.2, 0) is 22.6 Å². The third-order valence-electron chi connectivity index (χ3n) is 4.97. The Kier molecular flexibility index (Phi) is 6.59. The van der Waals surface area contributed by atoms with Gasteiger partial charge in [0.15, 0.2) is 11.5 Å². The molecule has 0 radical (unpaired) electrons. The van der Waals surface area contributed by atoms with E-state index in [1.807, 2.05) is 42.5 Å². The van der Waals surface area contributed by atoms with E-state index in [1.54, 1.807) is 26.0 Å². The molecule has 1 aliphatic rings. The Labute approximate surface area is 170 Å². The first-order valence-electron chi connectivity index (χ1n) is 9.54. The summed E-state index contributed by atoms with van der Waals surface area (Å²) in [6.45, 7) is 2.28. The number of carbonyl (C=O) groups is 2. The number of nitrogens with one attached hydrogen (secondary N) is 1. The molecule has 1 aliphatic heterocycles. The maximum Gasteiger partial charge on any atom is 0.242 e. The molecule has 7 heteroatoms. The summed E-state index contributed by atoms with van der Waals surface area (Å²) in [7, 11) is 3.17. The highest BCUT2D eigenvalue weighted by Gasteiger charge is 2.25. The van der Waals surface area contributed by atoms with Gasteiger partial charge >= 0.3 is 0 Å². The fraction of sp³-hybridized carbons (Fsp3) is 0.364. The van der Waals surface area contributed by atoms with Crippen LogP contribution in [0.5, 0.6) is 17.2 Å². The number of rotatable bonds is 8. The lowest BCUT2D eigenvalue weighted by atomic mass is 10.1. The highest BCUT2D eigenvalue weighted by molar-refractivity contribution is 5.87. The van der Waals surface area contributed by atoms with E-state index < -0.39 is 6.04 Å². The van der Waals surface area contributed by atoms with Crippen LogP contribution in [0.4, 0.5) is 0 Å². The lowest BCUT2D eigenvalue weighted by Crippen LogP contribution is -2.46. The highest BCUT2D eigenvalue weighted by Crippen LogP contribution is 2.32. The summed E-state index contributed by atoms with van der Waals surface area (Å²) in [4.78, 5) is 26.8. The van der Waals surface area contributed by atoms with Crippen molar-refractivity contribution < 1.29 is 23.8 Å². The Balaban J connectivity index is 1.72. The number of ether oxygens (including phenoxy) is 3. The van der Waals surface area contributed by atoms with E-state index in [0.29, 0.717) is 30.2 Å². The van der Waals surface area contributed by atoms with E-state index in [-0.39, 0.29) is 25.0 Å². The molecule has 1 N–H and O–H groups in total. The predicted molar refractivity (Wildman–Crippen MR) is 108 cm³/mol. The first-order valence-corrected chi connectivity index (χ1v) is 9.54. The van der Waals surface area contributed by atoms with Gasteiger partial charge in [0.1, 0.15) is 11.8 Å². The van der Waals surface area contributed by atoms with Crippen LogP contribution in [0.3, 0.4) is 0 Å². The standard InChI is InChI=1S/C22H26N2O5/c1-15(22(26)23-2)24(13-17-5-4-6-18(11-17)27-3)21(25)10-8-16-7-9-19-20(12-16)29-14-28-19/h4-7,9,11-12,15H,8,10,13-14H2,1-3H3,(H,23,26)/t15-/m1/s1. The Morgan fingerprint density at radius 1 is 1.14 bits per heavy atom. The first kappa shape index (κ1) is 20.5. The summed E-state index contributed by atoms with van der Waals surface area (Å²) in [6, 6.07) is 12.6. The summed E-state index contributed by atoms with van der Waals surface area (Å²) in [5.41, 5.74) is 1.88. The average Bonchev–Trinajstić information content (AvgIpc) is 3.22. The molecule has 1 atom stereocenters. The molecule has 0 fully saturated rings. The van der Waals surface area contributed by atoms with Gasteiger partial charge in [-0.25, -0.2) is 0 Å². The van der Waals surface area contributed by atoms with Gasteiger partial charge in [0.2, 0.25) is 18.6 Å². The van der Waals surface area contributed by atoms with E-state index in [1.165, 1.54) is 0 Å². The molecule has 0 aromatic heterocycles. The molecule has 0 unspecified atom stereocenters. The summed E-state index contributed by atoms with van der Waals surface area (Å²) >= 11 is 0. The van der Waals surface area contributed by atoms with Gasteiger partial charge in [-0.3, -0.25) is 9.59 Å². The fourth-order valence-corrected chi connectivity index (χ4v) is 3.25. The summed E-state index contributed by atoms with van der Waals surface area (Å²) < 4.78 is 16.0. The van der Waals surface area contributed by atoms with E-state index in [4.69, 9.17) is 14.2 Å². The normalized spacial score (nSPS) is 12.9. The smallest absolute Gasteiger partial charge is 0.242 e. The van der Waals surface area contributed by atoms with E-state index >= 15 is 0 Å². The van der Waals surface area contributed by atoms with Crippen molar-refractivity contribution in [3.8, 4) is 17.2 Å². The minimum absolute atomic E-state index is 0.0958. The number of hydrogen-bond donors (Lipinski definition) is 1. The van der Waals surface area contributed by atoms with Crippen molar-refractivity contribution in [1.82, 2.24) is 10.2 Å². The molecular formula is C22H26N2O5. The molecule has 0 bridgehead atoms. The van der Waals surface area contributed by atoms with Crippen LogP contribution >= 0.6 is 0 Å². The number of hydrogen-bond acceptors (Lipinski definition) is 5. The highest BCUT2D eigenvalue weighted by atomic mass is 16.7. The molecule has 29 heavy (non-hydrogen) atoms. The van der Waals surface area contributed by atoms with E-state index in [0.717, 1.165) is 11.1 Å². The molecule has 7 nitrogen and oxygen atoms in total. The van der Waals surface area contributed by atoms with Gasteiger partial charge in [0.25, 0.3) is 0 Å². The molecule has 1 heterocycles. The van der Waals surface area contributed by atoms with Gasteiger partial charge in [0.05, 0.1) is 7.11 Å². The molecule has 2 amide bonds. The van der Waals surface area contributed by atoms with Crippen LogP contribution in [-0.4, -0.2) is 43.7 Å². The topological polar surface area (TPSA) is 77.1 Å². The second-order valence-corrected chi connectivity index (χ2v) is 6.85. The fourth-order valence-electron chi connectivity index (χ4n) is 3.25. The van der Waals surface area contributed by atoms with Gasteiger partial charge in [-0.15, -0.1) is 0 Å². The zero-order valence-corrected chi connectivity index (χ0v) is 16.9. The van der Waals surface area contributed by atoms with Crippen LogP contribution in [0.15, 0.2) is 42.5 Å². The quantitative estimate of drug-likeness (QED) is 0.739. The van der Waals surface area contributed by atoms with Gasteiger partial charge in [-0.1, -0.05) is 18.2 Å². The Hall–Kier alpha value is -3.22. The molecule has 2 aromatic rings. The Morgan fingerprint density at radius 3 is 2.69 bits per heavy atom. The number of amides is 2. The second-order valence-electron chi connectivity index (χ2n) is 6.85.